The maximum Gasteiger partial charge on any atom is 0.269 e. The minimum atomic E-state index is -0.771. The first-order valence-electron chi connectivity index (χ1n) is 19.5. The minimum Gasteiger partial charge on any atom is -0.366 e. The molecular weight excluding hydrogens is 769 g/mol. The molecule has 3 aliphatic heterocycles. The molecule has 1 atom stereocenters. The molecule has 0 bridgehead atoms. The Bertz CT molecular complexity index is 2510. The second-order valence-electron chi connectivity index (χ2n) is 15.3. The van der Waals surface area contributed by atoms with Gasteiger partial charge in [-0.05, 0) is 65.9 Å². The van der Waals surface area contributed by atoms with Gasteiger partial charge in [-0.25, -0.2) is 17.6 Å². The number of piperidine rings is 1. The molecule has 16 heteroatoms. The molecule has 5 heterocycles. The van der Waals surface area contributed by atoms with Crippen molar-refractivity contribution in [3.05, 3.63) is 107 Å². The van der Waals surface area contributed by atoms with Crippen molar-refractivity contribution >= 4 is 51.5 Å². The number of aromatic amines is 1. The average Bonchev–Trinajstić information content (AvgIpc) is 3.92. The number of aryl methyl sites for hydroxylation is 1. The first kappa shape index (κ1) is 39.4. The van der Waals surface area contributed by atoms with Gasteiger partial charge < -0.3 is 24.6 Å². The van der Waals surface area contributed by atoms with Crippen LogP contribution >= 0.6 is 0 Å². The van der Waals surface area contributed by atoms with Gasteiger partial charge in [-0.3, -0.25) is 29.2 Å². The lowest BCUT2D eigenvalue weighted by Crippen LogP contribution is -2.47. The van der Waals surface area contributed by atoms with Crippen LogP contribution in [0.25, 0.3) is 27.6 Å². The van der Waals surface area contributed by atoms with Gasteiger partial charge in [-0.1, -0.05) is 12.1 Å². The number of H-pyrrole nitrogens is 1. The highest BCUT2D eigenvalue weighted by molar-refractivity contribution is 6.05. The summed E-state index contributed by atoms with van der Waals surface area (Å²) < 4.78 is 66.2. The van der Waals surface area contributed by atoms with Crippen LogP contribution in [0.4, 0.5) is 28.9 Å². The Morgan fingerprint density at radius 3 is 2.31 bits per heavy atom. The van der Waals surface area contributed by atoms with Gasteiger partial charge in [0.1, 0.15) is 23.1 Å². The fourth-order valence-corrected chi connectivity index (χ4v) is 8.21. The van der Waals surface area contributed by atoms with E-state index >= 15 is 17.6 Å². The summed E-state index contributed by atoms with van der Waals surface area (Å²) in [7, 11) is 3.09. The molecule has 306 valence electrons. The second kappa shape index (κ2) is 16.1. The lowest BCUT2D eigenvalue weighted by molar-refractivity contribution is -0.134. The average molecular weight is 811 g/mol. The number of nitrogens with one attached hydrogen (secondary N) is 2. The van der Waals surface area contributed by atoms with Gasteiger partial charge in [0, 0.05) is 108 Å². The zero-order valence-electron chi connectivity index (χ0n) is 32.5. The van der Waals surface area contributed by atoms with Crippen LogP contribution < -0.4 is 15.1 Å². The van der Waals surface area contributed by atoms with Crippen LogP contribution in [0, 0.1) is 23.3 Å². The van der Waals surface area contributed by atoms with E-state index in [1.54, 1.807) is 64.1 Å². The smallest absolute Gasteiger partial charge is 0.269 e. The summed E-state index contributed by atoms with van der Waals surface area (Å²) in [5.41, 5.74) is 1.43. The van der Waals surface area contributed by atoms with Crippen LogP contribution in [0.5, 0.6) is 0 Å². The third kappa shape index (κ3) is 7.78. The molecule has 4 amide bonds. The normalized spacial score (nSPS) is 17.4. The van der Waals surface area contributed by atoms with E-state index in [4.69, 9.17) is 0 Å². The van der Waals surface area contributed by atoms with Gasteiger partial charge in [-0.2, -0.15) is 5.10 Å². The van der Waals surface area contributed by atoms with Gasteiger partial charge >= 0.3 is 0 Å². The SMILES string of the molecule is CN(C)C(=O)c1cc2c(-c3cc(F)c(N4CCN(c5ccc(C6CCC(=O)NC6=O)cc5F)CC4)cc3F)cc(C3=CCCN(C(=O)CCn4cccn4)C3)c(F)c2[nH]1. The summed E-state index contributed by atoms with van der Waals surface area (Å²) in [6.45, 7) is 1.99. The Hall–Kier alpha value is -6.45. The molecule has 5 aromatic rings. The minimum absolute atomic E-state index is 0.00922. The highest BCUT2D eigenvalue weighted by Crippen LogP contribution is 2.40. The summed E-state index contributed by atoms with van der Waals surface area (Å²) in [6, 6.07) is 11.4. The molecule has 59 heavy (non-hydrogen) atoms. The van der Waals surface area contributed by atoms with E-state index in [2.05, 4.69) is 15.4 Å². The fourth-order valence-electron chi connectivity index (χ4n) is 8.21. The Balaban J connectivity index is 1.05. The number of imide groups is 1. The number of fused-ring (bicyclic) bond motifs is 1. The van der Waals surface area contributed by atoms with Crippen LogP contribution in [-0.4, -0.2) is 102 Å². The molecule has 1 unspecified atom stereocenters. The number of rotatable bonds is 9. The third-order valence-electron chi connectivity index (χ3n) is 11.4. The molecule has 2 saturated heterocycles. The number of benzene rings is 3. The van der Waals surface area contributed by atoms with Crippen molar-refractivity contribution in [1.29, 1.82) is 0 Å². The quantitative estimate of drug-likeness (QED) is 0.142. The van der Waals surface area contributed by atoms with Gasteiger partial charge in [0.25, 0.3) is 5.91 Å². The molecule has 12 nitrogen and oxygen atoms in total. The molecule has 2 fully saturated rings. The van der Waals surface area contributed by atoms with Crippen molar-refractivity contribution in [2.45, 2.75) is 38.1 Å². The lowest BCUT2D eigenvalue weighted by atomic mass is 9.90. The highest BCUT2D eigenvalue weighted by atomic mass is 19.1. The standard InChI is InChI=1S/C43H42F4N8O4/c1-51(2)43(59)35-22-31-29(20-28(40(47)41(31)49-35)26-5-3-12-54(24-26)39(57)10-14-55-13-4-11-48-55)30-21-34(46)37(23-32(30)44)53-17-15-52(16-18-53)36-8-6-25(19-33(36)45)27-7-9-38(56)50-42(27)58/h4-6,8,11,13,19-23,27,49H,3,7,9-10,12,14-18,24H2,1-2H3,(H,50,56,58). The zero-order chi connectivity index (χ0) is 41.5. The van der Waals surface area contributed by atoms with E-state index in [0.29, 0.717) is 55.8 Å². The van der Waals surface area contributed by atoms with Gasteiger partial charge in [0.2, 0.25) is 17.7 Å². The number of piperazine rings is 1. The summed E-state index contributed by atoms with van der Waals surface area (Å²) in [5, 5.41) is 6.62. The van der Waals surface area contributed by atoms with Crippen molar-refractivity contribution in [3.8, 4) is 11.1 Å². The van der Waals surface area contributed by atoms with Gasteiger partial charge in [0.15, 0.2) is 5.82 Å². The molecule has 3 aromatic carbocycles. The summed E-state index contributed by atoms with van der Waals surface area (Å²) in [6.07, 6.45) is 6.34. The van der Waals surface area contributed by atoms with E-state index < -0.39 is 41.0 Å². The predicted molar refractivity (Wildman–Crippen MR) is 214 cm³/mol. The number of anilines is 2. The molecule has 3 aliphatic rings. The monoisotopic (exact) mass is 810 g/mol. The predicted octanol–water partition coefficient (Wildman–Crippen LogP) is 5.84. The summed E-state index contributed by atoms with van der Waals surface area (Å²) in [5.74, 6) is -4.71. The van der Waals surface area contributed by atoms with Crippen LogP contribution in [0.1, 0.15) is 53.2 Å². The van der Waals surface area contributed by atoms with Crippen LogP contribution in [0.15, 0.2) is 67.0 Å². The molecule has 2 aromatic heterocycles. The Morgan fingerprint density at radius 2 is 1.61 bits per heavy atom. The second-order valence-corrected chi connectivity index (χ2v) is 15.3. The Morgan fingerprint density at radius 1 is 0.864 bits per heavy atom. The zero-order valence-corrected chi connectivity index (χ0v) is 32.5. The topological polar surface area (TPSA) is 127 Å². The van der Waals surface area contributed by atoms with E-state index in [-0.39, 0.29) is 83.3 Å². The molecule has 0 saturated carbocycles. The van der Waals surface area contributed by atoms with E-state index in [0.717, 1.165) is 12.1 Å². The fraction of sp³-hybridized carbons (Fsp3) is 0.326. The highest BCUT2D eigenvalue weighted by Gasteiger charge is 2.31. The first-order valence-corrected chi connectivity index (χ1v) is 19.5. The van der Waals surface area contributed by atoms with Crippen molar-refractivity contribution in [2.75, 3.05) is 63.2 Å². The molecule has 2 N–H and O–H groups in total. The van der Waals surface area contributed by atoms with Crippen molar-refractivity contribution < 1.29 is 36.7 Å². The molecule has 8 rings (SSSR count). The molecule has 0 spiro atoms. The van der Waals surface area contributed by atoms with Crippen molar-refractivity contribution in [2.24, 2.45) is 0 Å². The lowest BCUT2D eigenvalue weighted by Gasteiger charge is -2.37. The maximum atomic E-state index is 16.5. The van der Waals surface area contributed by atoms with E-state index in [9.17, 15) is 19.2 Å². The van der Waals surface area contributed by atoms with Crippen LogP contribution in [-0.2, 0) is 20.9 Å². The van der Waals surface area contributed by atoms with E-state index in [1.165, 1.54) is 23.1 Å². The number of hydrogen-bond donors (Lipinski definition) is 2. The van der Waals surface area contributed by atoms with E-state index in [1.807, 2.05) is 6.08 Å². The van der Waals surface area contributed by atoms with Crippen molar-refractivity contribution in [1.82, 2.24) is 29.9 Å². The van der Waals surface area contributed by atoms with Crippen molar-refractivity contribution in [3.63, 3.8) is 0 Å². The number of halogens is 4. The largest absolute Gasteiger partial charge is 0.366 e. The third-order valence-corrected chi connectivity index (χ3v) is 11.4. The first-order chi connectivity index (χ1) is 28.4. The number of aromatic nitrogens is 3. The number of nitrogens with zero attached hydrogens (tertiary/aromatic N) is 6. The Labute approximate surface area is 337 Å². The maximum absolute atomic E-state index is 16.5. The van der Waals surface area contributed by atoms with Crippen LogP contribution in [0.3, 0.4) is 0 Å². The molecular formula is C43H42F4N8O4. The summed E-state index contributed by atoms with van der Waals surface area (Å²) in [4.78, 5) is 59.4. The summed E-state index contributed by atoms with van der Waals surface area (Å²) >= 11 is 0. The number of amides is 4. The molecule has 0 aliphatic carbocycles. The van der Waals surface area contributed by atoms with Gasteiger partial charge in [0.05, 0.1) is 22.8 Å². The Kier molecular flexibility index (Phi) is 10.7. The molecule has 0 radical (unpaired) electrons. The number of carbonyl (C=O) groups excluding carboxylic acids is 4. The van der Waals surface area contributed by atoms with Crippen LogP contribution in [0.2, 0.25) is 0 Å². The van der Waals surface area contributed by atoms with Gasteiger partial charge in [-0.15, -0.1) is 0 Å². The number of carbonyl (C=O) groups is 4. The number of hydrogen-bond acceptors (Lipinski definition) is 7.